The van der Waals surface area contributed by atoms with Gasteiger partial charge in [-0.15, -0.1) is 0 Å². The fourth-order valence-corrected chi connectivity index (χ4v) is 1.33. The van der Waals surface area contributed by atoms with Crippen LogP contribution in [0.1, 0.15) is 6.42 Å². The van der Waals surface area contributed by atoms with Crippen LogP contribution >= 0.6 is 0 Å². The summed E-state index contributed by atoms with van der Waals surface area (Å²) in [6.07, 6.45) is 0.427. The molecule has 68 valence electrons. The third-order valence-corrected chi connectivity index (χ3v) is 1.97. The topological polar surface area (TPSA) is 89.6 Å². The molecule has 1 unspecified atom stereocenters. The minimum atomic E-state index is -3.93. The summed E-state index contributed by atoms with van der Waals surface area (Å²) in [5.41, 5.74) is 5.33. The predicted octanol–water partition coefficient (Wildman–Crippen LogP) is -0.762. The summed E-state index contributed by atoms with van der Waals surface area (Å²) >= 11 is 0. The van der Waals surface area contributed by atoms with Crippen molar-refractivity contribution < 1.29 is 17.7 Å². The van der Waals surface area contributed by atoms with Crippen molar-refractivity contribution in [1.29, 1.82) is 0 Å². The lowest BCUT2D eigenvalue weighted by molar-refractivity contribution is 0.189. The molecule has 0 aromatic heterocycles. The largest absolute Gasteiger partial charge is 0.385 e. The Balaban J connectivity index is 3.61. The van der Waals surface area contributed by atoms with Crippen LogP contribution in [0.25, 0.3) is 0 Å². The molecule has 0 spiro atoms. The van der Waals surface area contributed by atoms with Crippen LogP contribution in [0.15, 0.2) is 0 Å². The van der Waals surface area contributed by atoms with Crippen molar-refractivity contribution in [3.05, 3.63) is 0 Å². The van der Waals surface area contributed by atoms with Gasteiger partial charge in [-0.1, -0.05) is 0 Å². The molecule has 0 aliphatic carbocycles. The minimum Gasteiger partial charge on any atom is -0.385 e. The van der Waals surface area contributed by atoms with E-state index in [0.717, 1.165) is 0 Å². The zero-order valence-corrected chi connectivity index (χ0v) is 7.17. The zero-order chi connectivity index (χ0) is 8.91. The molecule has 0 bridgehead atoms. The van der Waals surface area contributed by atoms with Crippen molar-refractivity contribution in [3.63, 3.8) is 0 Å². The third kappa shape index (κ3) is 7.73. The van der Waals surface area contributed by atoms with Gasteiger partial charge in [0.2, 0.25) is 0 Å². The van der Waals surface area contributed by atoms with Gasteiger partial charge in [0.1, 0.15) is 0 Å². The number of hydrogen-bond donors (Lipinski definition) is 2. The van der Waals surface area contributed by atoms with E-state index in [0.29, 0.717) is 13.0 Å². The van der Waals surface area contributed by atoms with Gasteiger partial charge < -0.3 is 10.5 Å². The first kappa shape index (κ1) is 10.8. The molecule has 5 nitrogen and oxygen atoms in total. The van der Waals surface area contributed by atoms with Gasteiger partial charge in [0, 0.05) is 19.8 Å². The minimum absolute atomic E-state index is 0.399. The average molecular weight is 183 g/mol. The lowest BCUT2D eigenvalue weighted by Gasteiger charge is -2.07. The maximum Gasteiger partial charge on any atom is 0.266 e. The SMILES string of the molecule is COCCC(N)CS(=O)(=O)O. The van der Waals surface area contributed by atoms with Crippen molar-refractivity contribution in [2.75, 3.05) is 19.5 Å². The molecular formula is C5H13NO4S. The van der Waals surface area contributed by atoms with Crippen LogP contribution in [0.2, 0.25) is 0 Å². The Morgan fingerprint density at radius 1 is 1.64 bits per heavy atom. The normalized spacial score (nSPS) is 14.8. The van der Waals surface area contributed by atoms with Crippen molar-refractivity contribution in [2.45, 2.75) is 12.5 Å². The summed E-state index contributed by atoms with van der Waals surface area (Å²) < 4.78 is 33.5. The van der Waals surface area contributed by atoms with Gasteiger partial charge in [0.25, 0.3) is 10.1 Å². The highest BCUT2D eigenvalue weighted by Crippen LogP contribution is 1.93. The molecule has 0 rings (SSSR count). The lowest BCUT2D eigenvalue weighted by atomic mass is 10.3. The molecule has 3 N–H and O–H groups in total. The number of nitrogens with two attached hydrogens (primary N) is 1. The van der Waals surface area contributed by atoms with Crippen LogP contribution < -0.4 is 5.73 Å². The average Bonchev–Trinajstić information content (AvgIpc) is 1.79. The summed E-state index contributed by atoms with van der Waals surface area (Å²) in [5.74, 6) is -0.406. The van der Waals surface area contributed by atoms with Gasteiger partial charge in [-0.2, -0.15) is 8.42 Å². The molecule has 0 aromatic carbocycles. The van der Waals surface area contributed by atoms with Crippen LogP contribution in [0, 0.1) is 0 Å². The van der Waals surface area contributed by atoms with E-state index < -0.39 is 21.9 Å². The van der Waals surface area contributed by atoms with Crippen molar-refractivity contribution in [1.82, 2.24) is 0 Å². The van der Waals surface area contributed by atoms with E-state index in [4.69, 9.17) is 10.3 Å². The summed E-state index contributed by atoms with van der Waals surface area (Å²) in [4.78, 5) is 0. The van der Waals surface area contributed by atoms with Crippen molar-refractivity contribution in [3.8, 4) is 0 Å². The maximum atomic E-state index is 10.2. The van der Waals surface area contributed by atoms with Gasteiger partial charge in [-0.25, -0.2) is 0 Å². The van der Waals surface area contributed by atoms with Crippen molar-refractivity contribution >= 4 is 10.1 Å². The second-order valence-electron chi connectivity index (χ2n) is 2.29. The quantitative estimate of drug-likeness (QED) is 0.547. The van der Waals surface area contributed by atoms with E-state index in [9.17, 15) is 8.42 Å². The molecule has 0 fully saturated rings. The molecule has 6 heteroatoms. The number of hydrogen-bond acceptors (Lipinski definition) is 4. The van der Waals surface area contributed by atoms with Crippen LogP contribution in [0.4, 0.5) is 0 Å². The maximum absolute atomic E-state index is 10.2. The van der Waals surface area contributed by atoms with E-state index in [2.05, 4.69) is 4.74 Å². The molecule has 0 aromatic rings. The first-order chi connectivity index (χ1) is 4.95. The highest BCUT2D eigenvalue weighted by Gasteiger charge is 2.11. The Hall–Kier alpha value is -0.170. The predicted molar refractivity (Wildman–Crippen MR) is 40.9 cm³/mol. The molecular weight excluding hydrogens is 170 g/mol. The van der Waals surface area contributed by atoms with Gasteiger partial charge in [-0.05, 0) is 6.42 Å². The fraction of sp³-hybridized carbons (Fsp3) is 1.00. The lowest BCUT2D eigenvalue weighted by Crippen LogP contribution is -2.30. The van der Waals surface area contributed by atoms with E-state index >= 15 is 0 Å². The van der Waals surface area contributed by atoms with Gasteiger partial charge in [-0.3, -0.25) is 4.55 Å². The molecule has 0 saturated carbocycles. The van der Waals surface area contributed by atoms with E-state index in [1.807, 2.05) is 0 Å². The van der Waals surface area contributed by atoms with Crippen LogP contribution in [-0.2, 0) is 14.9 Å². The smallest absolute Gasteiger partial charge is 0.266 e. The first-order valence-electron chi connectivity index (χ1n) is 3.15. The highest BCUT2D eigenvalue weighted by molar-refractivity contribution is 7.85. The molecule has 0 heterocycles. The van der Waals surface area contributed by atoms with E-state index in [-0.39, 0.29) is 0 Å². The van der Waals surface area contributed by atoms with Crippen LogP contribution in [0.5, 0.6) is 0 Å². The summed E-state index contributed by atoms with van der Waals surface area (Å²) in [7, 11) is -2.43. The van der Waals surface area contributed by atoms with Gasteiger partial charge in [0.05, 0.1) is 5.75 Å². The van der Waals surface area contributed by atoms with Gasteiger partial charge >= 0.3 is 0 Å². The molecule has 0 aliphatic heterocycles. The number of rotatable bonds is 5. The Morgan fingerprint density at radius 3 is 2.55 bits per heavy atom. The fourth-order valence-electron chi connectivity index (χ4n) is 0.623. The molecule has 0 saturated heterocycles. The second-order valence-corrected chi connectivity index (χ2v) is 3.79. The molecule has 0 aliphatic rings. The standard InChI is InChI=1S/C5H13NO4S/c1-10-3-2-5(6)4-11(7,8)9/h5H,2-4,6H2,1H3,(H,7,8,9). The third-order valence-electron chi connectivity index (χ3n) is 1.12. The first-order valence-corrected chi connectivity index (χ1v) is 4.76. The molecule has 0 radical (unpaired) electrons. The summed E-state index contributed by atoms with van der Waals surface area (Å²) in [5, 5.41) is 0. The molecule has 1 atom stereocenters. The molecule has 0 amide bonds. The Kier molecular flexibility index (Phi) is 4.58. The van der Waals surface area contributed by atoms with Crippen molar-refractivity contribution in [2.24, 2.45) is 5.73 Å². The molecule has 11 heavy (non-hydrogen) atoms. The second kappa shape index (κ2) is 4.66. The Labute approximate surface area is 66.3 Å². The van der Waals surface area contributed by atoms with Gasteiger partial charge in [0.15, 0.2) is 0 Å². The number of methoxy groups -OCH3 is 1. The summed E-state index contributed by atoms with van der Waals surface area (Å²) in [6.45, 7) is 0.399. The zero-order valence-electron chi connectivity index (χ0n) is 6.36. The van der Waals surface area contributed by atoms with Crippen LogP contribution in [-0.4, -0.2) is 38.5 Å². The van der Waals surface area contributed by atoms with E-state index in [1.165, 1.54) is 7.11 Å². The Bertz CT molecular complexity index is 189. The van der Waals surface area contributed by atoms with Crippen LogP contribution in [0.3, 0.4) is 0 Å². The summed E-state index contributed by atoms with van der Waals surface area (Å²) in [6, 6.07) is -0.551. The number of ether oxygens (including phenoxy) is 1. The van der Waals surface area contributed by atoms with E-state index in [1.54, 1.807) is 0 Å². The monoisotopic (exact) mass is 183 g/mol. The highest BCUT2D eigenvalue weighted by atomic mass is 32.2. The Morgan fingerprint density at radius 2 is 2.18 bits per heavy atom.